The highest BCUT2D eigenvalue weighted by molar-refractivity contribution is 6.31. The molecule has 0 aliphatic carbocycles. The molecule has 0 aromatic carbocycles. The monoisotopic (exact) mass is 325 g/mol. The highest BCUT2D eigenvalue weighted by Crippen LogP contribution is 2.22. The maximum Gasteiger partial charge on any atom is 0.246 e. The average molecular weight is 326 g/mol. The maximum absolute atomic E-state index is 12.3. The lowest BCUT2D eigenvalue weighted by molar-refractivity contribution is -0.126. The molecule has 4 nitrogen and oxygen atoms in total. The number of halogens is 1. The van der Waals surface area contributed by atoms with Gasteiger partial charge in [0.05, 0.1) is 5.69 Å². The van der Waals surface area contributed by atoms with Crippen molar-refractivity contribution < 1.29 is 4.79 Å². The van der Waals surface area contributed by atoms with Crippen molar-refractivity contribution in [1.82, 2.24) is 14.7 Å². The Kier molecular flexibility index (Phi) is 7.66. The van der Waals surface area contributed by atoms with Crippen molar-refractivity contribution in [3.05, 3.63) is 22.5 Å². The first-order chi connectivity index (χ1) is 10.4. The van der Waals surface area contributed by atoms with Crippen LogP contribution in [0.1, 0.15) is 51.8 Å². The van der Waals surface area contributed by atoms with Crippen LogP contribution in [0.4, 0.5) is 0 Å². The van der Waals surface area contributed by atoms with Gasteiger partial charge in [-0.3, -0.25) is 9.48 Å². The van der Waals surface area contributed by atoms with E-state index in [-0.39, 0.29) is 5.91 Å². The molecule has 0 spiro atoms. The summed E-state index contributed by atoms with van der Waals surface area (Å²) in [7, 11) is 0. The molecule has 0 atom stereocenters. The van der Waals surface area contributed by atoms with Crippen LogP contribution in [0.25, 0.3) is 6.08 Å². The fourth-order valence-corrected chi connectivity index (χ4v) is 2.66. The summed E-state index contributed by atoms with van der Waals surface area (Å²) in [4.78, 5) is 14.1. The molecule has 5 heteroatoms. The molecule has 1 heterocycles. The van der Waals surface area contributed by atoms with Gasteiger partial charge in [0.1, 0.15) is 5.15 Å². The van der Waals surface area contributed by atoms with Gasteiger partial charge in [0.25, 0.3) is 0 Å². The second kappa shape index (κ2) is 8.99. The molecule has 0 saturated carbocycles. The Labute approximate surface area is 139 Å². The van der Waals surface area contributed by atoms with Crippen LogP contribution in [-0.4, -0.2) is 33.7 Å². The number of hydrogen-bond donors (Lipinski definition) is 0. The summed E-state index contributed by atoms with van der Waals surface area (Å²) in [6.07, 6.45) is 5.33. The highest BCUT2D eigenvalue weighted by atomic mass is 35.5. The minimum Gasteiger partial charge on any atom is -0.339 e. The largest absolute Gasteiger partial charge is 0.339 e. The molecule has 0 aliphatic heterocycles. The first kappa shape index (κ1) is 18.8. The predicted octanol–water partition coefficient (Wildman–Crippen LogP) is 4.16. The minimum absolute atomic E-state index is 0.0378. The van der Waals surface area contributed by atoms with Crippen LogP contribution in [0, 0.1) is 12.8 Å². The maximum atomic E-state index is 12.3. The highest BCUT2D eigenvalue weighted by Gasteiger charge is 2.13. The van der Waals surface area contributed by atoms with E-state index in [1.807, 2.05) is 16.5 Å². The third-order valence-electron chi connectivity index (χ3n) is 3.34. The lowest BCUT2D eigenvalue weighted by atomic mass is 10.2. The Morgan fingerprint density at radius 1 is 1.32 bits per heavy atom. The molecule has 1 aromatic rings. The van der Waals surface area contributed by atoms with Crippen molar-refractivity contribution in [3.63, 3.8) is 0 Å². The molecule has 0 saturated heterocycles. The summed E-state index contributed by atoms with van der Waals surface area (Å²) in [6, 6.07) is 0. The van der Waals surface area contributed by atoms with E-state index in [0.717, 1.165) is 43.7 Å². The molecule has 1 rings (SSSR count). The van der Waals surface area contributed by atoms with Gasteiger partial charge in [0.2, 0.25) is 5.91 Å². The zero-order valence-corrected chi connectivity index (χ0v) is 15.2. The predicted molar refractivity (Wildman–Crippen MR) is 93.0 cm³/mol. The molecule has 1 aromatic heterocycles. The van der Waals surface area contributed by atoms with Gasteiger partial charge in [-0.15, -0.1) is 0 Å². The Morgan fingerprint density at radius 2 is 1.91 bits per heavy atom. The van der Waals surface area contributed by atoms with E-state index >= 15 is 0 Å². The van der Waals surface area contributed by atoms with Crippen molar-refractivity contribution in [2.45, 2.75) is 54.0 Å². The van der Waals surface area contributed by atoms with E-state index in [1.54, 1.807) is 12.2 Å². The van der Waals surface area contributed by atoms with Crippen molar-refractivity contribution in [1.29, 1.82) is 0 Å². The SMILES string of the molecule is CCCN(CCC)C(=O)C=Cc1c(C)nn(CC(C)C)c1Cl. The summed E-state index contributed by atoms with van der Waals surface area (Å²) in [6.45, 7) is 12.7. The van der Waals surface area contributed by atoms with Crippen LogP contribution >= 0.6 is 11.6 Å². The zero-order chi connectivity index (χ0) is 16.7. The second-order valence-corrected chi connectivity index (χ2v) is 6.38. The molecular formula is C17H28ClN3O. The quantitative estimate of drug-likeness (QED) is 0.673. The van der Waals surface area contributed by atoms with E-state index in [0.29, 0.717) is 11.1 Å². The van der Waals surface area contributed by atoms with Crippen LogP contribution in [0.5, 0.6) is 0 Å². The van der Waals surface area contributed by atoms with Gasteiger partial charge in [0, 0.05) is 31.3 Å². The Hall–Kier alpha value is -1.29. The normalized spacial score (nSPS) is 11.6. The van der Waals surface area contributed by atoms with Crippen molar-refractivity contribution in [2.24, 2.45) is 5.92 Å². The second-order valence-electron chi connectivity index (χ2n) is 6.02. The molecule has 22 heavy (non-hydrogen) atoms. The zero-order valence-electron chi connectivity index (χ0n) is 14.4. The Morgan fingerprint density at radius 3 is 2.41 bits per heavy atom. The molecule has 0 unspecified atom stereocenters. The number of nitrogens with zero attached hydrogens (tertiary/aromatic N) is 3. The first-order valence-corrected chi connectivity index (χ1v) is 8.48. The molecule has 1 amide bonds. The average Bonchev–Trinajstić information content (AvgIpc) is 2.70. The molecular weight excluding hydrogens is 298 g/mol. The molecule has 0 bridgehead atoms. The number of amides is 1. The van der Waals surface area contributed by atoms with Gasteiger partial charge in [-0.1, -0.05) is 39.3 Å². The van der Waals surface area contributed by atoms with Crippen molar-refractivity contribution in [2.75, 3.05) is 13.1 Å². The van der Waals surface area contributed by atoms with Crippen LogP contribution in [0.3, 0.4) is 0 Å². The Balaban J connectivity index is 2.89. The summed E-state index contributed by atoms with van der Waals surface area (Å²) < 4.78 is 1.81. The van der Waals surface area contributed by atoms with Gasteiger partial charge in [0.15, 0.2) is 0 Å². The van der Waals surface area contributed by atoms with E-state index in [2.05, 4.69) is 32.8 Å². The first-order valence-electron chi connectivity index (χ1n) is 8.10. The van der Waals surface area contributed by atoms with E-state index in [9.17, 15) is 4.79 Å². The van der Waals surface area contributed by atoms with Gasteiger partial charge in [-0.05, 0) is 31.8 Å². The fourth-order valence-electron chi connectivity index (χ4n) is 2.36. The van der Waals surface area contributed by atoms with E-state index in [1.165, 1.54) is 0 Å². The van der Waals surface area contributed by atoms with Crippen molar-refractivity contribution in [3.8, 4) is 0 Å². The van der Waals surface area contributed by atoms with Crippen LogP contribution < -0.4 is 0 Å². The lowest BCUT2D eigenvalue weighted by Gasteiger charge is -2.19. The van der Waals surface area contributed by atoms with Crippen LogP contribution in [0.2, 0.25) is 5.15 Å². The minimum atomic E-state index is 0.0378. The number of carbonyl (C=O) groups is 1. The molecule has 0 fully saturated rings. The topological polar surface area (TPSA) is 38.1 Å². The van der Waals surface area contributed by atoms with Gasteiger partial charge in [-0.25, -0.2) is 0 Å². The van der Waals surface area contributed by atoms with E-state index < -0.39 is 0 Å². The standard InChI is InChI=1S/C17H28ClN3O/c1-6-10-20(11-7-2)16(22)9-8-15-14(5)19-21(17(15)18)12-13(3)4/h8-9,13H,6-7,10-12H2,1-5H3. The third kappa shape index (κ3) is 5.16. The van der Waals surface area contributed by atoms with Crippen molar-refractivity contribution >= 4 is 23.6 Å². The number of carbonyl (C=O) groups excluding carboxylic acids is 1. The summed E-state index contributed by atoms with van der Waals surface area (Å²) in [5, 5.41) is 5.06. The fraction of sp³-hybridized carbons (Fsp3) is 0.647. The molecule has 0 radical (unpaired) electrons. The van der Waals surface area contributed by atoms with Gasteiger partial charge >= 0.3 is 0 Å². The Bertz CT molecular complexity index is 514. The third-order valence-corrected chi connectivity index (χ3v) is 3.74. The van der Waals surface area contributed by atoms with Gasteiger partial charge in [-0.2, -0.15) is 5.10 Å². The smallest absolute Gasteiger partial charge is 0.246 e. The number of hydrogen-bond acceptors (Lipinski definition) is 2. The van der Waals surface area contributed by atoms with Gasteiger partial charge < -0.3 is 4.90 Å². The summed E-state index contributed by atoms with van der Waals surface area (Å²) in [5.41, 5.74) is 1.69. The van der Waals surface area contributed by atoms with Crippen LogP contribution in [-0.2, 0) is 11.3 Å². The molecule has 0 N–H and O–H groups in total. The van der Waals surface area contributed by atoms with E-state index in [4.69, 9.17) is 11.6 Å². The molecule has 0 aliphatic rings. The summed E-state index contributed by atoms with van der Waals surface area (Å²) >= 11 is 6.38. The van der Waals surface area contributed by atoms with Crippen LogP contribution in [0.15, 0.2) is 6.08 Å². The molecule has 124 valence electrons. The summed E-state index contributed by atoms with van der Waals surface area (Å²) in [5.74, 6) is 0.510. The number of aromatic nitrogens is 2. The lowest BCUT2D eigenvalue weighted by Crippen LogP contribution is -2.30. The number of aryl methyl sites for hydroxylation is 1. The number of rotatable bonds is 8.